The van der Waals surface area contributed by atoms with Crippen LogP contribution in [0.1, 0.15) is 22.2 Å². The maximum atomic E-state index is 5.58. The maximum absolute atomic E-state index is 5.58. The van der Waals surface area contributed by atoms with Gasteiger partial charge in [-0.25, -0.2) is 4.98 Å². The van der Waals surface area contributed by atoms with Crippen LogP contribution in [0.15, 0.2) is 40.1 Å². The molecule has 3 rings (SSSR count). The van der Waals surface area contributed by atoms with Crippen LogP contribution < -0.4 is 5.32 Å². The fourth-order valence-electron chi connectivity index (χ4n) is 1.98. The summed E-state index contributed by atoms with van der Waals surface area (Å²) in [7, 11) is 0. The number of nitrogens with zero attached hydrogens (tertiary/aromatic N) is 3. The quantitative estimate of drug-likeness (QED) is 0.757. The number of aryl methyl sites for hydroxylation is 3. The molecule has 0 amide bonds. The number of anilines is 1. The molecule has 2 heterocycles. The van der Waals surface area contributed by atoms with Gasteiger partial charge in [0.15, 0.2) is 0 Å². The van der Waals surface area contributed by atoms with Gasteiger partial charge in [0.1, 0.15) is 0 Å². The monoisotopic (exact) mass is 300 g/mol. The van der Waals surface area contributed by atoms with Crippen LogP contribution >= 0.6 is 11.3 Å². The first-order chi connectivity index (χ1) is 10.3. The molecule has 1 aromatic carbocycles. The molecule has 5 nitrogen and oxygen atoms in total. The fourth-order valence-corrected chi connectivity index (χ4v) is 2.59. The van der Waals surface area contributed by atoms with Crippen molar-refractivity contribution in [1.29, 1.82) is 0 Å². The van der Waals surface area contributed by atoms with Gasteiger partial charge in [-0.15, -0.1) is 16.4 Å². The highest BCUT2D eigenvalue weighted by molar-refractivity contribution is 7.09. The minimum absolute atomic E-state index is 0.448. The predicted molar refractivity (Wildman–Crippen MR) is 82.3 cm³/mol. The highest BCUT2D eigenvalue weighted by Crippen LogP contribution is 2.12. The van der Waals surface area contributed by atoms with Crippen LogP contribution in [0.3, 0.4) is 0 Å². The number of hydrogen-bond acceptors (Lipinski definition) is 6. The first kappa shape index (κ1) is 13.8. The van der Waals surface area contributed by atoms with Crippen molar-refractivity contribution in [1.82, 2.24) is 15.2 Å². The van der Waals surface area contributed by atoms with Gasteiger partial charge < -0.3 is 9.73 Å². The molecule has 2 aromatic heterocycles. The minimum atomic E-state index is 0.448. The van der Waals surface area contributed by atoms with Crippen molar-refractivity contribution in [2.45, 2.75) is 26.3 Å². The number of benzene rings is 1. The Kier molecular flexibility index (Phi) is 4.25. The van der Waals surface area contributed by atoms with Crippen molar-refractivity contribution < 1.29 is 4.42 Å². The lowest BCUT2D eigenvalue weighted by Crippen LogP contribution is -1.99. The molecule has 0 unspecified atom stereocenters. The Morgan fingerprint density at radius 3 is 2.76 bits per heavy atom. The zero-order valence-corrected chi connectivity index (χ0v) is 12.6. The summed E-state index contributed by atoms with van der Waals surface area (Å²) in [5, 5.41) is 14.2. The van der Waals surface area contributed by atoms with Crippen molar-refractivity contribution >= 4 is 17.4 Å². The molecular formula is C15H16N4OS. The molecule has 3 aromatic rings. The summed E-state index contributed by atoms with van der Waals surface area (Å²) in [5.41, 5.74) is 2.25. The standard InChI is InChI=1S/C15H16N4OS/c1-11-17-13(10-21-11)9-16-15-19-18-14(20-15)8-7-12-5-3-2-4-6-12/h2-6,10H,7-9H2,1H3,(H,16,19). The summed E-state index contributed by atoms with van der Waals surface area (Å²) in [6.45, 7) is 2.59. The molecule has 0 fully saturated rings. The van der Waals surface area contributed by atoms with Gasteiger partial charge in [0.25, 0.3) is 0 Å². The van der Waals surface area contributed by atoms with Gasteiger partial charge in [-0.1, -0.05) is 35.4 Å². The van der Waals surface area contributed by atoms with Crippen molar-refractivity contribution in [3.8, 4) is 0 Å². The summed E-state index contributed by atoms with van der Waals surface area (Å²) in [6.07, 6.45) is 1.64. The number of thiazole rings is 1. The van der Waals surface area contributed by atoms with Gasteiger partial charge >= 0.3 is 6.01 Å². The Bertz CT molecular complexity index is 693. The van der Waals surface area contributed by atoms with Crippen molar-refractivity contribution in [2.24, 2.45) is 0 Å². The topological polar surface area (TPSA) is 63.8 Å². The lowest BCUT2D eigenvalue weighted by molar-refractivity contribution is 0.503. The van der Waals surface area contributed by atoms with Gasteiger partial charge in [0.2, 0.25) is 5.89 Å². The molecule has 6 heteroatoms. The van der Waals surface area contributed by atoms with E-state index in [1.807, 2.05) is 30.5 Å². The largest absolute Gasteiger partial charge is 0.408 e. The second-order valence-corrected chi connectivity index (χ2v) is 5.76. The summed E-state index contributed by atoms with van der Waals surface area (Å²) < 4.78 is 5.58. The van der Waals surface area contributed by atoms with Crippen LogP contribution in [0.5, 0.6) is 0 Å². The number of aromatic nitrogens is 3. The van der Waals surface area contributed by atoms with Crippen molar-refractivity contribution in [3.63, 3.8) is 0 Å². The molecular weight excluding hydrogens is 284 g/mol. The summed E-state index contributed by atoms with van der Waals surface area (Å²) in [6, 6.07) is 10.7. The van der Waals surface area contributed by atoms with Crippen LogP contribution in [-0.4, -0.2) is 15.2 Å². The van der Waals surface area contributed by atoms with E-state index in [-0.39, 0.29) is 0 Å². The third kappa shape index (κ3) is 3.88. The molecule has 108 valence electrons. The van der Waals surface area contributed by atoms with E-state index < -0.39 is 0 Å². The van der Waals surface area contributed by atoms with E-state index in [0.717, 1.165) is 23.5 Å². The van der Waals surface area contributed by atoms with E-state index in [1.165, 1.54) is 5.56 Å². The third-order valence-electron chi connectivity index (χ3n) is 3.02. The van der Waals surface area contributed by atoms with E-state index in [0.29, 0.717) is 18.5 Å². The second kappa shape index (κ2) is 6.49. The van der Waals surface area contributed by atoms with Gasteiger partial charge in [-0.3, -0.25) is 0 Å². The molecule has 0 atom stereocenters. The van der Waals surface area contributed by atoms with Crippen molar-refractivity contribution in [3.05, 3.63) is 57.9 Å². The lowest BCUT2D eigenvalue weighted by atomic mass is 10.1. The number of hydrogen-bond donors (Lipinski definition) is 1. The van der Waals surface area contributed by atoms with Crippen molar-refractivity contribution in [2.75, 3.05) is 5.32 Å². The van der Waals surface area contributed by atoms with E-state index in [9.17, 15) is 0 Å². The second-order valence-electron chi connectivity index (χ2n) is 4.70. The van der Waals surface area contributed by atoms with E-state index in [4.69, 9.17) is 4.42 Å². The molecule has 0 radical (unpaired) electrons. The maximum Gasteiger partial charge on any atom is 0.315 e. The molecule has 0 aliphatic rings. The van der Waals surface area contributed by atoms with Gasteiger partial charge in [-0.2, -0.15) is 0 Å². The molecule has 0 bridgehead atoms. The van der Waals surface area contributed by atoms with E-state index in [1.54, 1.807) is 11.3 Å². The first-order valence-electron chi connectivity index (χ1n) is 6.81. The minimum Gasteiger partial charge on any atom is -0.408 e. The molecule has 0 aliphatic carbocycles. The van der Waals surface area contributed by atoms with Gasteiger partial charge in [0.05, 0.1) is 17.2 Å². The SMILES string of the molecule is Cc1nc(CNc2nnc(CCc3ccccc3)o2)cs1. The third-order valence-corrected chi connectivity index (χ3v) is 3.85. The Hall–Kier alpha value is -2.21. The molecule has 0 aliphatic heterocycles. The summed E-state index contributed by atoms with van der Waals surface area (Å²) in [5.74, 6) is 0.649. The van der Waals surface area contributed by atoms with Crippen LogP contribution in [0.4, 0.5) is 6.01 Å². The Labute approximate surface area is 127 Å². The average molecular weight is 300 g/mol. The van der Waals surface area contributed by atoms with E-state index >= 15 is 0 Å². The highest BCUT2D eigenvalue weighted by atomic mass is 32.1. The average Bonchev–Trinajstić information content (AvgIpc) is 3.13. The Morgan fingerprint density at radius 2 is 2.00 bits per heavy atom. The van der Waals surface area contributed by atoms with Crippen LogP contribution in [0.2, 0.25) is 0 Å². The Balaban J connectivity index is 1.51. The van der Waals surface area contributed by atoms with Gasteiger partial charge in [0, 0.05) is 11.8 Å². The summed E-state index contributed by atoms with van der Waals surface area (Å²) in [4.78, 5) is 4.37. The normalized spacial score (nSPS) is 10.7. The fraction of sp³-hybridized carbons (Fsp3) is 0.267. The predicted octanol–water partition coefficient (Wildman–Crippen LogP) is 3.23. The van der Waals surface area contributed by atoms with Crippen LogP contribution in [-0.2, 0) is 19.4 Å². The van der Waals surface area contributed by atoms with Crippen LogP contribution in [0, 0.1) is 6.92 Å². The zero-order valence-electron chi connectivity index (χ0n) is 11.7. The molecule has 21 heavy (non-hydrogen) atoms. The van der Waals surface area contributed by atoms with E-state index in [2.05, 4.69) is 32.6 Å². The molecule has 1 N–H and O–H groups in total. The molecule has 0 saturated heterocycles. The van der Waals surface area contributed by atoms with Gasteiger partial charge in [-0.05, 0) is 18.9 Å². The highest BCUT2D eigenvalue weighted by Gasteiger charge is 2.07. The Morgan fingerprint density at radius 1 is 1.14 bits per heavy atom. The number of rotatable bonds is 6. The molecule has 0 spiro atoms. The zero-order chi connectivity index (χ0) is 14.5. The van der Waals surface area contributed by atoms with Crippen LogP contribution in [0.25, 0.3) is 0 Å². The molecule has 0 saturated carbocycles. The lowest BCUT2D eigenvalue weighted by Gasteiger charge is -1.98. The number of nitrogens with one attached hydrogen (secondary N) is 1. The summed E-state index contributed by atoms with van der Waals surface area (Å²) >= 11 is 1.63. The first-order valence-corrected chi connectivity index (χ1v) is 7.69. The smallest absolute Gasteiger partial charge is 0.315 e.